The van der Waals surface area contributed by atoms with E-state index in [1.807, 2.05) is 37.4 Å². The number of nitrogens with zero attached hydrogens (tertiary/aromatic N) is 3. The molecule has 0 aliphatic heterocycles. The number of hydrogen-bond donors (Lipinski definition) is 2. The van der Waals surface area contributed by atoms with E-state index in [-0.39, 0.29) is 11.3 Å². The monoisotopic (exact) mass is 467 g/mol. The minimum absolute atomic E-state index is 0.0539. The number of nitrogens with one attached hydrogen (secondary N) is 2. The minimum atomic E-state index is -0.869. The van der Waals surface area contributed by atoms with Crippen molar-refractivity contribution in [2.75, 3.05) is 32.2 Å². The van der Waals surface area contributed by atoms with Gasteiger partial charge in [0.15, 0.2) is 6.61 Å². The lowest BCUT2D eigenvalue weighted by Gasteiger charge is -2.19. The number of anilines is 1. The predicted octanol–water partition coefficient (Wildman–Crippen LogP) is 2.45. The summed E-state index contributed by atoms with van der Waals surface area (Å²) in [4.78, 5) is 40.2. The van der Waals surface area contributed by atoms with Gasteiger partial charge in [-0.25, -0.2) is 9.78 Å². The predicted molar refractivity (Wildman–Crippen MR) is 123 cm³/mol. The third kappa shape index (κ3) is 6.17. The van der Waals surface area contributed by atoms with Gasteiger partial charge in [-0.2, -0.15) is 0 Å². The van der Waals surface area contributed by atoms with Crippen LogP contribution in [-0.4, -0.2) is 53.2 Å². The lowest BCUT2D eigenvalue weighted by atomic mass is 10.1. The van der Waals surface area contributed by atoms with Crippen molar-refractivity contribution in [3.05, 3.63) is 88.0 Å². The molecule has 3 rings (SSSR count). The number of aromatic nitrogens is 2. The number of nitro groups is 1. The first kappa shape index (κ1) is 24.4. The Hall–Kier alpha value is -4.25. The van der Waals surface area contributed by atoms with Crippen LogP contribution in [0, 0.1) is 10.1 Å². The second-order valence-corrected chi connectivity index (χ2v) is 7.29. The first-order valence-corrected chi connectivity index (χ1v) is 10.4. The highest BCUT2D eigenvalue weighted by Crippen LogP contribution is 2.23. The summed E-state index contributed by atoms with van der Waals surface area (Å²) in [6.45, 7) is 0.159. The molecule has 0 radical (unpaired) electrons. The summed E-state index contributed by atoms with van der Waals surface area (Å²) >= 11 is 0. The number of nitro benzene ring substituents is 1. The highest BCUT2D eigenvalue weighted by molar-refractivity contribution is 5.97. The largest absolute Gasteiger partial charge is 0.452 e. The minimum Gasteiger partial charge on any atom is -0.452 e. The molecular formula is C23H25N5O6. The van der Waals surface area contributed by atoms with Crippen molar-refractivity contribution in [1.29, 1.82) is 0 Å². The summed E-state index contributed by atoms with van der Waals surface area (Å²) in [5.41, 5.74) is 0.817. The smallest absolute Gasteiger partial charge is 0.341 e. The van der Waals surface area contributed by atoms with Gasteiger partial charge in [0.05, 0.1) is 17.1 Å². The van der Waals surface area contributed by atoms with E-state index < -0.39 is 29.4 Å². The number of benzene rings is 2. The van der Waals surface area contributed by atoms with E-state index in [0.29, 0.717) is 24.7 Å². The molecule has 1 atom stereocenters. The van der Waals surface area contributed by atoms with E-state index in [4.69, 9.17) is 9.47 Å². The van der Waals surface area contributed by atoms with Crippen LogP contribution in [0.25, 0.3) is 0 Å². The van der Waals surface area contributed by atoms with Crippen molar-refractivity contribution < 1.29 is 24.0 Å². The van der Waals surface area contributed by atoms with Crippen LogP contribution in [0.3, 0.4) is 0 Å². The Labute approximate surface area is 195 Å². The Morgan fingerprint density at radius 3 is 2.62 bits per heavy atom. The molecule has 1 aromatic heterocycles. The molecule has 0 fully saturated rings. The number of carbonyl (C=O) groups is 2. The van der Waals surface area contributed by atoms with E-state index in [2.05, 4.69) is 15.6 Å². The standard InChI is InChI=1S/C23H25N5O6/c1-27-12-10-25-22(27)21(16-6-4-3-5-7-16)26-20(29)15-34-23(30)18-14-17(28(31)32)8-9-19(18)24-11-13-33-2/h3-10,12,14,21,24H,11,13,15H2,1-2H3,(H,26,29). The number of non-ortho nitro benzene ring substituents is 1. The van der Waals surface area contributed by atoms with E-state index in [0.717, 1.165) is 11.6 Å². The molecule has 1 unspecified atom stereocenters. The van der Waals surface area contributed by atoms with Crippen LogP contribution >= 0.6 is 0 Å². The van der Waals surface area contributed by atoms with Gasteiger partial charge in [0.2, 0.25) is 0 Å². The van der Waals surface area contributed by atoms with Gasteiger partial charge in [-0.1, -0.05) is 30.3 Å². The molecule has 11 heteroatoms. The average molecular weight is 467 g/mol. The van der Waals surface area contributed by atoms with Crippen LogP contribution in [0.1, 0.15) is 27.8 Å². The number of ether oxygens (including phenoxy) is 2. The van der Waals surface area contributed by atoms with Gasteiger partial charge < -0.3 is 24.7 Å². The van der Waals surface area contributed by atoms with Crippen LogP contribution in [0.5, 0.6) is 0 Å². The molecule has 0 bridgehead atoms. The zero-order chi connectivity index (χ0) is 24.5. The number of methoxy groups -OCH3 is 1. The molecule has 178 valence electrons. The lowest BCUT2D eigenvalue weighted by Crippen LogP contribution is -2.34. The molecule has 2 N–H and O–H groups in total. The van der Waals surface area contributed by atoms with Gasteiger partial charge in [-0.15, -0.1) is 0 Å². The molecule has 0 spiro atoms. The van der Waals surface area contributed by atoms with Crippen molar-refractivity contribution >= 4 is 23.3 Å². The summed E-state index contributed by atoms with van der Waals surface area (Å²) in [6, 6.07) is 12.5. The first-order valence-electron chi connectivity index (χ1n) is 10.4. The fourth-order valence-corrected chi connectivity index (χ4v) is 3.27. The van der Waals surface area contributed by atoms with E-state index >= 15 is 0 Å². The van der Waals surface area contributed by atoms with Gasteiger partial charge in [0, 0.05) is 50.9 Å². The summed E-state index contributed by atoms with van der Waals surface area (Å²) in [7, 11) is 3.34. The number of hydrogen-bond acceptors (Lipinski definition) is 8. The number of rotatable bonds is 11. The molecule has 34 heavy (non-hydrogen) atoms. The Bertz CT molecular complexity index is 1150. The molecule has 0 aliphatic carbocycles. The zero-order valence-corrected chi connectivity index (χ0v) is 18.8. The Kier molecular flexibility index (Phi) is 8.30. The number of imidazole rings is 1. The van der Waals surface area contributed by atoms with Crippen molar-refractivity contribution in [1.82, 2.24) is 14.9 Å². The fraction of sp³-hybridized carbons (Fsp3) is 0.261. The van der Waals surface area contributed by atoms with E-state index in [9.17, 15) is 19.7 Å². The number of aryl methyl sites for hydroxylation is 1. The van der Waals surface area contributed by atoms with Crippen LogP contribution in [-0.2, 0) is 21.3 Å². The highest BCUT2D eigenvalue weighted by Gasteiger charge is 2.23. The second-order valence-electron chi connectivity index (χ2n) is 7.29. The van der Waals surface area contributed by atoms with E-state index in [1.54, 1.807) is 17.0 Å². The van der Waals surface area contributed by atoms with Crippen LogP contribution in [0.15, 0.2) is 60.9 Å². The van der Waals surface area contributed by atoms with Crippen LogP contribution < -0.4 is 10.6 Å². The van der Waals surface area contributed by atoms with Crippen molar-refractivity contribution in [2.45, 2.75) is 6.04 Å². The van der Waals surface area contributed by atoms with Crippen LogP contribution in [0.4, 0.5) is 11.4 Å². The fourth-order valence-electron chi connectivity index (χ4n) is 3.27. The Balaban J connectivity index is 1.72. The molecule has 0 saturated carbocycles. The zero-order valence-electron chi connectivity index (χ0n) is 18.8. The molecule has 1 amide bonds. The molecule has 2 aromatic carbocycles. The Morgan fingerprint density at radius 1 is 1.21 bits per heavy atom. The van der Waals surface area contributed by atoms with Crippen molar-refractivity contribution in [3.63, 3.8) is 0 Å². The van der Waals surface area contributed by atoms with Crippen molar-refractivity contribution in [3.8, 4) is 0 Å². The maximum Gasteiger partial charge on any atom is 0.341 e. The van der Waals surface area contributed by atoms with Gasteiger partial charge in [-0.05, 0) is 11.6 Å². The van der Waals surface area contributed by atoms with Gasteiger partial charge in [-0.3, -0.25) is 14.9 Å². The number of esters is 1. The third-order valence-electron chi connectivity index (χ3n) is 4.94. The summed E-state index contributed by atoms with van der Waals surface area (Å²) in [6.07, 6.45) is 3.38. The first-order chi connectivity index (χ1) is 16.4. The topological polar surface area (TPSA) is 138 Å². The molecular weight excluding hydrogens is 442 g/mol. The maximum absolute atomic E-state index is 12.7. The third-order valence-corrected chi connectivity index (χ3v) is 4.94. The number of amides is 1. The van der Waals surface area contributed by atoms with Gasteiger partial charge >= 0.3 is 5.97 Å². The highest BCUT2D eigenvalue weighted by atomic mass is 16.6. The quantitative estimate of drug-likeness (QED) is 0.190. The molecule has 1 heterocycles. The molecule has 0 saturated heterocycles. The second kappa shape index (κ2) is 11.6. The van der Waals surface area contributed by atoms with Crippen molar-refractivity contribution in [2.24, 2.45) is 7.05 Å². The SMILES string of the molecule is COCCNc1ccc([N+](=O)[O-])cc1C(=O)OCC(=O)NC(c1ccccc1)c1nccn1C. The molecule has 11 nitrogen and oxygen atoms in total. The maximum atomic E-state index is 12.7. The average Bonchev–Trinajstić information content (AvgIpc) is 3.27. The number of carbonyl (C=O) groups excluding carboxylic acids is 2. The summed E-state index contributed by atoms with van der Waals surface area (Å²) in [5, 5.41) is 16.9. The molecule has 0 aliphatic rings. The van der Waals surface area contributed by atoms with Gasteiger partial charge in [0.1, 0.15) is 11.9 Å². The summed E-state index contributed by atoms with van der Waals surface area (Å²) < 4.78 is 11.9. The van der Waals surface area contributed by atoms with Crippen LogP contribution in [0.2, 0.25) is 0 Å². The summed E-state index contributed by atoms with van der Waals surface area (Å²) in [5.74, 6) is -0.814. The molecule has 3 aromatic rings. The van der Waals surface area contributed by atoms with E-state index in [1.165, 1.54) is 19.2 Å². The Morgan fingerprint density at radius 2 is 1.97 bits per heavy atom. The van der Waals surface area contributed by atoms with Gasteiger partial charge in [0.25, 0.3) is 11.6 Å². The normalized spacial score (nSPS) is 11.5. The lowest BCUT2D eigenvalue weighted by molar-refractivity contribution is -0.384.